The Morgan fingerprint density at radius 3 is 2.27 bits per heavy atom. The minimum Gasteiger partial charge on any atom is -0.444 e. The van der Waals surface area contributed by atoms with Gasteiger partial charge in [-0.1, -0.05) is 20.8 Å². The zero-order valence-corrected chi connectivity index (χ0v) is 14.6. The summed E-state index contributed by atoms with van der Waals surface area (Å²) in [4.78, 5) is 25.9. The third kappa shape index (κ3) is 6.22. The van der Waals surface area contributed by atoms with Gasteiger partial charge >= 0.3 is 6.09 Å². The summed E-state index contributed by atoms with van der Waals surface area (Å²) >= 11 is 0. The molecule has 0 spiro atoms. The van der Waals surface area contributed by atoms with Crippen LogP contribution >= 0.6 is 0 Å². The SMILES string of the molecule is CC(C)(C)CC(=O)N1C[C@@H](NC(=O)OC(C)(C)C)C[C@H]1CO. The number of hydrogen-bond acceptors (Lipinski definition) is 4. The highest BCUT2D eigenvalue weighted by atomic mass is 16.6. The van der Waals surface area contributed by atoms with Crippen molar-refractivity contribution in [2.75, 3.05) is 13.2 Å². The molecule has 0 aromatic carbocycles. The lowest BCUT2D eigenvalue weighted by Crippen LogP contribution is -2.42. The third-order valence-electron chi connectivity index (χ3n) is 3.35. The Morgan fingerprint density at radius 1 is 1.23 bits per heavy atom. The number of rotatable bonds is 3. The average Bonchev–Trinajstić information content (AvgIpc) is 2.66. The monoisotopic (exact) mass is 314 g/mol. The first-order valence-corrected chi connectivity index (χ1v) is 7.81. The molecule has 0 unspecified atom stereocenters. The van der Waals surface area contributed by atoms with E-state index in [1.54, 1.807) is 25.7 Å². The summed E-state index contributed by atoms with van der Waals surface area (Å²) in [5.41, 5.74) is -0.658. The molecular weight excluding hydrogens is 284 g/mol. The second-order valence-corrected chi connectivity index (χ2v) is 8.20. The summed E-state index contributed by atoms with van der Waals surface area (Å²) in [6, 6.07) is -0.425. The zero-order chi connectivity index (χ0) is 17.1. The molecule has 6 nitrogen and oxygen atoms in total. The van der Waals surface area contributed by atoms with Crippen LogP contribution in [0.1, 0.15) is 54.4 Å². The normalized spacial score (nSPS) is 22.6. The van der Waals surface area contributed by atoms with Gasteiger partial charge in [-0.15, -0.1) is 0 Å². The van der Waals surface area contributed by atoms with Gasteiger partial charge in [-0.3, -0.25) is 4.79 Å². The minimum atomic E-state index is -0.555. The Kier molecular flexibility index (Phi) is 5.84. The third-order valence-corrected chi connectivity index (χ3v) is 3.35. The number of alkyl carbamates (subject to hydrolysis) is 1. The van der Waals surface area contributed by atoms with Crippen LogP contribution in [0.25, 0.3) is 0 Å². The average molecular weight is 314 g/mol. The molecule has 0 aromatic heterocycles. The van der Waals surface area contributed by atoms with Crippen molar-refractivity contribution in [2.24, 2.45) is 5.41 Å². The lowest BCUT2D eigenvalue weighted by atomic mass is 9.91. The van der Waals surface area contributed by atoms with Crippen LogP contribution in [0.3, 0.4) is 0 Å². The van der Waals surface area contributed by atoms with E-state index in [1.165, 1.54) is 0 Å². The van der Waals surface area contributed by atoms with Crippen LogP contribution < -0.4 is 5.32 Å². The quantitative estimate of drug-likeness (QED) is 0.834. The molecule has 22 heavy (non-hydrogen) atoms. The number of hydrogen-bond donors (Lipinski definition) is 2. The first-order chi connectivity index (χ1) is 9.91. The maximum atomic E-state index is 12.4. The van der Waals surface area contributed by atoms with Crippen molar-refractivity contribution in [1.82, 2.24) is 10.2 Å². The Morgan fingerprint density at radius 2 is 1.82 bits per heavy atom. The van der Waals surface area contributed by atoms with Crippen molar-refractivity contribution in [3.05, 3.63) is 0 Å². The number of amides is 2. The van der Waals surface area contributed by atoms with Crippen molar-refractivity contribution in [3.63, 3.8) is 0 Å². The van der Waals surface area contributed by atoms with Gasteiger partial charge in [-0.2, -0.15) is 0 Å². The number of ether oxygens (including phenoxy) is 1. The van der Waals surface area contributed by atoms with Gasteiger partial charge in [-0.25, -0.2) is 4.79 Å². The lowest BCUT2D eigenvalue weighted by molar-refractivity contribution is -0.134. The number of nitrogens with zero attached hydrogens (tertiary/aromatic N) is 1. The topological polar surface area (TPSA) is 78.9 Å². The zero-order valence-electron chi connectivity index (χ0n) is 14.6. The number of aliphatic hydroxyl groups is 1. The van der Waals surface area contributed by atoms with Crippen LogP contribution in [0.15, 0.2) is 0 Å². The van der Waals surface area contributed by atoms with Gasteiger partial charge in [0.15, 0.2) is 0 Å². The Balaban J connectivity index is 2.61. The summed E-state index contributed by atoms with van der Waals surface area (Å²) in [7, 11) is 0. The van der Waals surface area contributed by atoms with Gasteiger partial charge in [0.05, 0.1) is 18.7 Å². The summed E-state index contributed by atoms with van der Waals surface area (Å²) in [6.07, 6.45) is 0.480. The fourth-order valence-corrected chi connectivity index (χ4v) is 2.53. The number of carbonyl (C=O) groups is 2. The van der Waals surface area contributed by atoms with E-state index >= 15 is 0 Å². The van der Waals surface area contributed by atoms with E-state index in [1.807, 2.05) is 20.8 Å². The largest absolute Gasteiger partial charge is 0.444 e. The number of likely N-dealkylation sites (tertiary alicyclic amines) is 1. The van der Waals surface area contributed by atoms with E-state index in [9.17, 15) is 14.7 Å². The molecular formula is C16H30N2O4. The second kappa shape index (κ2) is 6.86. The fraction of sp³-hybridized carbons (Fsp3) is 0.875. The molecule has 2 N–H and O–H groups in total. The van der Waals surface area contributed by atoms with Gasteiger partial charge in [0.1, 0.15) is 5.60 Å². The van der Waals surface area contributed by atoms with Gasteiger partial charge in [-0.05, 0) is 32.6 Å². The van der Waals surface area contributed by atoms with E-state index in [4.69, 9.17) is 4.74 Å². The number of carbonyl (C=O) groups excluding carboxylic acids is 2. The molecule has 0 saturated carbocycles. The summed E-state index contributed by atoms with van der Waals surface area (Å²) in [5, 5.41) is 12.3. The standard InChI is InChI=1S/C16H30N2O4/c1-15(2,3)8-13(20)18-9-11(7-12(18)10-19)17-14(21)22-16(4,5)6/h11-12,19H,7-10H2,1-6H3,(H,17,21)/t11-,12-/m0/s1. The molecule has 1 fully saturated rings. The molecule has 0 aliphatic carbocycles. The van der Waals surface area contributed by atoms with Gasteiger partial charge in [0, 0.05) is 13.0 Å². The molecule has 2 amide bonds. The molecule has 0 radical (unpaired) electrons. The van der Waals surface area contributed by atoms with Crippen molar-refractivity contribution < 1.29 is 19.4 Å². The summed E-state index contributed by atoms with van der Waals surface area (Å²) in [5.74, 6) is 0.0139. The molecule has 1 heterocycles. The van der Waals surface area contributed by atoms with Crippen LogP contribution in [-0.4, -0.2) is 52.8 Å². The summed E-state index contributed by atoms with van der Waals surface area (Å²) in [6.45, 7) is 11.7. The summed E-state index contributed by atoms with van der Waals surface area (Å²) < 4.78 is 5.23. The first kappa shape index (κ1) is 18.7. The maximum absolute atomic E-state index is 12.4. The van der Waals surface area contributed by atoms with Crippen LogP contribution in [0.2, 0.25) is 0 Å². The van der Waals surface area contributed by atoms with Crippen molar-refractivity contribution in [3.8, 4) is 0 Å². The van der Waals surface area contributed by atoms with Crippen molar-refractivity contribution in [2.45, 2.75) is 72.1 Å². The van der Waals surface area contributed by atoms with E-state index in [0.29, 0.717) is 19.4 Å². The van der Waals surface area contributed by atoms with Crippen molar-refractivity contribution >= 4 is 12.0 Å². The Hall–Kier alpha value is -1.30. The van der Waals surface area contributed by atoms with E-state index in [2.05, 4.69) is 5.32 Å². The highest BCUT2D eigenvalue weighted by Gasteiger charge is 2.37. The maximum Gasteiger partial charge on any atom is 0.407 e. The van der Waals surface area contributed by atoms with E-state index < -0.39 is 11.7 Å². The van der Waals surface area contributed by atoms with Gasteiger partial charge in [0.2, 0.25) is 5.91 Å². The van der Waals surface area contributed by atoms with Crippen LogP contribution in [0.4, 0.5) is 4.79 Å². The Bertz CT molecular complexity index is 409. The number of aliphatic hydroxyl groups excluding tert-OH is 1. The highest BCUT2D eigenvalue weighted by molar-refractivity contribution is 5.78. The van der Waals surface area contributed by atoms with Gasteiger partial charge in [0.25, 0.3) is 0 Å². The van der Waals surface area contributed by atoms with Gasteiger partial charge < -0.3 is 20.1 Å². The molecule has 6 heteroatoms. The highest BCUT2D eigenvalue weighted by Crippen LogP contribution is 2.25. The van der Waals surface area contributed by atoms with Crippen LogP contribution in [0.5, 0.6) is 0 Å². The smallest absolute Gasteiger partial charge is 0.407 e. The molecule has 0 bridgehead atoms. The Labute approximate surface area is 133 Å². The first-order valence-electron chi connectivity index (χ1n) is 7.81. The second-order valence-electron chi connectivity index (χ2n) is 8.20. The predicted octanol–water partition coefficient (Wildman–Crippen LogP) is 1.91. The fourth-order valence-electron chi connectivity index (χ4n) is 2.53. The van der Waals surface area contributed by atoms with Crippen LogP contribution in [-0.2, 0) is 9.53 Å². The molecule has 2 atom stereocenters. The minimum absolute atomic E-state index is 0.0139. The van der Waals surface area contributed by atoms with E-state index in [-0.39, 0.29) is 30.0 Å². The molecule has 128 valence electrons. The molecule has 1 saturated heterocycles. The van der Waals surface area contributed by atoms with Crippen molar-refractivity contribution in [1.29, 1.82) is 0 Å². The predicted molar refractivity (Wildman–Crippen MR) is 84.4 cm³/mol. The molecule has 1 aliphatic rings. The van der Waals surface area contributed by atoms with Crippen LogP contribution in [0, 0.1) is 5.41 Å². The molecule has 0 aromatic rings. The lowest BCUT2D eigenvalue weighted by Gasteiger charge is -2.27. The number of nitrogens with one attached hydrogen (secondary N) is 1. The van der Waals surface area contributed by atoms with E-state index in [0.717, 1.165) is 0 Å². The molecule has 1 aliphatic heterocycles. The molecule has 1 rings (SSSR count).